The van der Waals surface area contributed by atoms with E-state index in [1.807, 2.05) is 6.92 Å². The van der Waals surface area contributed by atoms with Crippen LogP contribution in [0.3, 0.4) is 0 Å². The Morgan fingerprint density at radius 2 is 2.03 bits per heavy atom. The number of anilines is 1. The van der Waals surface area contributed by atoms with Crippen LogP contribution in [0.1, 0.15) is 28.5 Å². The van der Waals surface area contributed by atoms with Gasteiger partial charge in [0.15, 0.2) is 5.76 Å². The van der Waals surface area contributed by atoms with Crippen molar-refractivity contribution in [1.82, 2.24) is 19.7 Å². The average Bonchev–Trinajstić information content (AvgIpc) is 3.48. The predicted molar refractivity (Wildman–Crippen MR) is 121 cm³/mol. The first-order chi connectivity index (χ1) is 15.9. The van der Waals surface area contributed by atoms with Gasteiger partial charge in [0.05, 0.1) is 26.0 Å². The van der Waals surface area contributed by atoms with Crippen LogP contribution in [0.5, 0.6) is 11.5 Å². The highest BCUT2D eigenvalue weighted by Gasteiger charge is 2.20. The fourth-order valence-corrected chi connectivity index (χ4v) is 3.46. The number of nitrogens with zero attached hydrogens (tertiary/aromatic N) is 3. The molecule has 0 radical (unpaired) electrons. The van der Waals surface area contributed by atoms with Gasteiger partial charge in [0.1, 0.15) is 23.0 Å². The largest absolute Gasteiger partial charge is 0.497 e. The van der Waals surface area contributed by atoms with Gasteiger partial charge in [-0.2, -0.15) is 9.78 Å². The first-order valence-corrected chi connectivity index (χ1v) is 10.2. The van der Waals surface area contributed by atoms with Gasteiger partial charge >= 0.3 is 0 Å². The van der Waals surface area contributed by atoms with Gasteiger partial charge in [0, 0.05) is 23.4 Å². The number of ether oxygens (including phenoxy) is 2. The van der Waals surface area contributed by atoms with E-state index in [1.165, 1.54) is 25.2 Å². The minimum Gasteiger partial charge on any atom is -0.497 e. The van der Waals surface area contributed by atoms with Gasteiger partial charge in [-0.05, 0) is 37.6 Å². The standard InChI is InChI=1S/C23H23N5O5/c1-5-15-13(2)24-23(26-21(15)29)28-20(12-17(27-28)18-7-6-10-33-18)25-22(30)16-9-8-14(31-3)11-19(16)32-4/h6-12H,5H2,1-4H3,(H,25,30)(H,24,26,29). The number of aryl methyl sites for hydroxylation is 1. The SMILES string of the molecule is CCc1c(C)nc(-n2nc(-c3ccco3)cc2NC(=O)c2ccc(OC)cc2OC)[nH]c1=O. The topological polar surface area (TPSA) is 124 Å². The molecule has 1 amide bonds. The van der Waals surface area contributed by atoms with Crippen molar-refractivity contribution in [3.8, 4) is 28.9 Å². The Morgan fingerprint density at radius 1 is 1.21 bits per heavy atom. The Kier molecular flexibility index (Phi) is 5.99. The van der Waals surface area contributed by atoms with Crippen molar-refractivity contribution >= 4 is 11.7 Å². The number of H-pyrrole nitrogens is 1. The lowest BCUT2D eigenvalue weighted by molar-refractivity contribution is 0.102. The third-order valence-electron chi connectivity index (χ3n) is 5.14. The summed E-state index contributed by atoms with van der Waals surface area (Å²) in [6.07, 6.45) is 2.07. The molecule has 3 heterocycles. The van der Waals surface area contributed by atoms with Crippen molar-refractivity contribution in [3.63, 3.8) is 0 Å². The Bertz CT molecular complexity index is 1350. The number of hydrogen-bond acceptors (Lipinski definition) is 7. The van der Waals surface area contributed by atoms with Crippen molar-refractivity contribution in [2.24, 2.45) is 0 Å². The Balaban J connectivity index is 1.78. The average molecular weight is 449 g/mol. The molecule has 33 heavy (non-hydrogen) atoms. The lowest BCUT2D eigenvalue weighted by atomic mass is 10.1. The van der Waals surface area contributed by atoms with E-state index in [-0.39, 0.29) is 17.3 Å². The number of aromatic amines is 1. The highest BCUT2D eigenvalue weighted by atomic mass is 16.5. The number of methoxy groups -OCH3 is 2. The number of aromatic nitrogens is 4. The molecule has 0 saturated heterocycles. The number of carbonyl (C=O) groups is 1. The molecule has 0 bridgehead atoms. The number of furan rings is 1. The first-order valence-electron chi connectivity index (χ1n) is 10.2. The van der Waals surface area contributed by atoms with Gasteiger partial charge in [-0.1, -0.05) is 6.92 Å². The van der Waals surface area contributed by atoms with E-state index in [9.17, 15) is 9.59 Å². The zero-order chi connectivity index (χ0) is 23.5. The van der Waals surface area contributed by atoms with E-state index in [4.69, 9.17) is 13.9 Å². The molecule has 4 rings (SSSR count). The van der Waals surface area contributed by atoms with Gasteiger partial charge in [0.2, 0.25) is 5.95 Å². The fourth-order valence-electron chi connectivity index (χ4n) is 3.46. The number of amides is 1. The maximum Gasteiger partial charge on any atom is 0.260 e. The van der Waals surface area contributed by atoms with E-state index < -0.39 is 5.91 Å². The fraction of sp³-hybridized carbons (Fsp3) is 0.217. The smallest absolute Gasteiger partial charge is 0.260 e. The number of carbonyl (C=O) groups excluding carboxylic acids is 1. The molecule has 4 aromatic rings. The van der Waals surface area contributed by atoms with Crippen LogP contribution in [0.4, 0.5) is 5.82 Å². The second kappa shape index (κ2) is 9.03. The third-order valence-corrected chi connectivity index (χ3v) is 5.14. The molecule has 3 aromatic heterocycles. The zero-order valence-electron chi connectivity index (χ0n) is 18.6. The van der Waals surface area contributed by atoms with Crippen molar-refractivity contribution in [2.75, 3.05) is 19.5 Å². The molecular weight excluding hydrogens is 426 g/mol. The Morgan fingerprint density at radius 3 is 2.67 bits per heavy atom. The summed E-state index contributed by atoms with van der Waals surface area (Å²) in [5, 5.41) is 7.33. The molecule has 170 valence electrons. The molecule has 0 spiro atoms. The van der Waals surface area contributed by atoms with Crippen molar-refractivity contribution in [2.45, 2.75) is 20.3 Å². The summed E-state index contributed by atoms with van der Waals surface area (Å²) in [6, 6.07) is 9.99. The van der Waals surface area contributed by atoms with Gasteiger partial charge in [-0.3, -0.25) is 14.6 Å². The van der Waals surface area contributed by atoms with Crippen LogP contribution in [-0.2, 0) is 6.42 Å². The normalized spacial score (nSPS) is 10.8. The molecule has 2 N–H and O–H groups in total. The summed E-state index contributed by atoms with van der Waals surface area (Å²) in [7, 11) is 3.00. The number of rotatable bonds is 7. The van der Waals surface area contributed by atoms with Crippen LogP contribution in [-0.4, -0.2) is 39.9 Å². The van der Waals surface area contributed by atoms with Gasteiger partial charge in [-0.25, -0.2) is 4.98 Å². The predicted octanol–water partition coefficient (Wildman–Crippen LogP) is 3.36. The number of nitrogens with one attached hydrogen (secondary N) is 2. The summed E-state index contributed by atoms with van der Waals surface area (Å²) in [5.74, 6) is 1.42. The second-order valence-electron chi connectivity index (χ2n) is 7.13. The molecule has 0 aliphatic heterocycles. The van der Waals surface area contributed by atoms with E-state index in [0.29, 0.717) is 46.2 Å². The van der Waals surface area contributed by atoms with Crippen LogP contribution in [0, 0.1) is 6.92 Å². The van der Waals surface area contributed by atoms with Crippen LogP contribution < -0.4 is 20.3 Å². The summed E-state index contributed by atoms with van der Waals surface area (Å²) in [4.78, 5) is 32.9. The van der Waals surface area contributed by atoms with E-state index >= 15 is 0 Å². The molecule has 0 atom stereocenters. The number of benzene rings is 1. The summed E-state index contributed by atoms with van der Waals surface area (Å²) < 4.78 is 17.3. The molecule has 10 heteroatoms. The van der Waals surface area contributed by atoms with Gasteiger partial charge < -0.3 is 19.2 Å². The Labute approximate surface area is 189 Å². The molecule has 0 aliphatic rings. The van der Waals surface area contributed by atoms with Gasteiger partial charge in [-0.15, -0.1) is 0 Å². The maximum absolute atomic E-state index is 13.1. The monoisotopic (exact) mass is 449 g/mol. The lowest BCUT2D eigenvalue weighted by Crippen LogP contribution is -2.22. The zero-order valence-corrected chi connectivity index (χ0v) is 18.6. The lowest BCUT2D eigenvalue weighted by Gasteiger charge is -2.12. The molecule has 0 saturated carbocycles. The highest BCUT2D eigenvalue weighted by molar-refractivity contribution is 6.06. The quantitative estimate of drug-likeness (QED) is 0.443. The van der Waals surface area contributed by atoms with Crippen LogP contribution in [0.15, 0.2) is 51.9 Å². The first kappa shape index (κ1) is 21.9. The van der Waals surface area contributed by atoms with Crippen molar-refractivity contribution < 1.29 is 18.7 Å². The summed E-state index contributed by atoms with van der Waals surface area (Å²) in [6.45, 7) is 3.64. The van der Waals surface area contributed by atoms with E-state index in [0.717, 1.165) is 0 Å². The molecule has 0 unspecified atom stereocenters. The van der Waals surface area contributed by atoms with Crippen molar-refractivity contribution in [3.05, 3.63) is 69.8 Å². The molecular formula is C23H23N5O5. The minimum absolute atomic E-state index is 0.171. The second-order valence-corrected chi connectivity index (χ2v) is 7.13. The molecule has 0 fully saturated rings. The van der Waals surface area contributed by atoms with Crippen LogP contribution in [0.2, 0.25) is 0 Å². The summed E-state index contributed by atoms with van der Waals surface area (Å²) in [5.41, 5.74) is 1.66. The Hall–Kier alpha value is -4.34. The maximum atomic E-state index is 13.1. The third kappa shape index (κ3) is 4.22. The number of hydrogen-bond donors (Lipinski definition) is 2. The minimum atomic E-state index is -0.439. The van der Waals surface area contributed by atoms with Gasteiger partial charge in [0.25, 0.3) is 11.5 Å². The highest BCUT2D eigenvalue weighted by Crippen LogP contribution is 2.28. The van der Waals surface area contributed by atoms with Crippen molar-refractivity contribution in [1.29, 1.82) is 0 Å². The summed E-state index contributed by atoms with van der Waals surface area (Å²) >= 11 is 0. The van der Waals surface area contributed by atoms with Crippen LogP contribution >= 0.6 is 0 Å². The van der Waals surface area contributed by atoms with Crippen LogP contribution in [0.25, 0.3) is 17.4 Å². The molecule has 1 aromatic carbocycles. The van der Waals surface area contributed by atoms with E-state index in [2.05, 4.69) is 20.4 Å². The van der Waals surface area contributed by atoms with E-state index in [1.54, 1.807) is 43.3 Å². The molecule has 0 aliphatic carbocycles. The molecule has 10 nitrogen and oxygen atoms in total.